The van der Waals surface area contributed by atoms with Gasteiger partial charge in [0, 0.05) is 0 Å². The van der Waals surface area contributed by atoms with Crippen LogP contribution >= 0.6 is 0 Å². The largest absolute Gasteiger partial charge is 0.573 e. The van der Waals surface area contributed by atoms with Crippen LogP contribution in [0.3, 0.4) is 0 Å². The van der Waals surface area contributed by atoms with E-state index < -0.39 is 18.1 Å². The summed E-state index contributed by atoms with van der Waals surface area (Å²) in [5.41, 5.74) is -0.370. The zero-order valence-corrected chi connectivity index (χ0v) is 9.45. The van der Waals surface area contributed by atoms with E-state index in [1.807, 2.05) is 6.92 Å². The maximum atomic E-state index is 12.0. The molecular formula is C11H11F3O4. The Morgan fingerprint density at radius 2 is 2.06 bits per heavy atom. The second-order valence-corrected chi connectivity index (χ2v) is 3.36. The van der Waals surface area contributed by atoms with Gasteiger partial charge >= 0.3 is 12.3 Å². The topological polar surface area (TPSA) is 55.8 Å². The summed E-state index contributed by atoms with van der Waals surface area (Å²) in [5, 5.41) is 8.87. The zero-order chi connectivity index (χ0) is 13.8. The molecule has 0 bridgehead atoms. The number of hydrogen-bond acceptors (Lipinski definition) is 3. The van der Waals surface area contributed by atoms with Gasteiger partial charge in [0.15, 0.2) is 0 Å². The van der Waals surface area contributed by atoms with Crippen molar-refractivity contribution in [1.29, 1.82) is 0 Å². The molecule has 0 aliphatic carbocycles. The molecule has 0 unspecified atom stereocenters. The molecule has 0 atom stereocenters. The lowest BCUT2D eigenvalue weighted by atomic mass is 10.2. The predicted molar refractivity (Wildman–Crippen MR) is 55.9 cm³/mol. The van der Waals surface area contributed by atoms with Crippen LogP contribution in [-0.2, 0) is 0 Å². The number of alkyl halides is 3. The summed E-state index contributed by atoms with van der Waals surface area (Å²) < 4.78 is 44.7. The molecule has 0 saturated heterocycles. The van der Waals surface area contributed by atoms with Gasteiger partial charge < -0.3 is 14.6 Å². The third-order valence-electron chi connectivity index (χ3n) is 1.88. The molecule has 1 N–H and O–H groups in total. The first-order valence-electron chi connectivity index (χ1n) is 5.09. The molecule has 0 amide bonds. The first-order chi connectivity index (χ1) is 8.33. The SMILES string of the molecule is CCCOc1ccc(OC(F)(F)F)cc1C(=O)O. The third-order valence-corrected chi connectivity index (χ3v) is 1.88. The smallest absolute Gasteiger partial charge is 0.493 e. The minimum absolute atomic E-state index is 0.0128. The highest BCUT2D eigenvalue weighted by molar-refractivity contribution is 5.91. The van der Waals surface area contributed by atoms with Crippen molar-refractivity contribution in [2.75, 3.05) is 6.61 Å². The summed E-state index contributed by atoms with van der Waals surface area (Å²) in [4.78, 5) is 10.9. The molecule has 1 aromatic rings. The van der Waals surface area contributed by atoms with Crippen molar-refractivity contribution in [3.05, 3.63) is 23.8 Å². The van der Waals surface area contributed by atoms with E-state index in [9.17, 15) is 18.0 Å². The van der Waals surface area contributed by atoms with E-state index in [2.05, 4.69) is 4.74 Å². The van der Waals surface area contributed by atoms with Gasteiger partial charge in [0.05, 0.1) is 6.61 Å². The van der Waals surface area contributed by atoms with Crippen molar-refractivity contribution in [2.45, 2.75) is 19.7 Å². The molecule has 0 aliphatic rings. The van der Waals surface area contributed by atoms with Gasteiger partial charge in [0.1, 0.15) is 17.1 Å². The molecule has 0 heterocycles. The number of hydrogen-bond donors (Lipinski definition) is 1. The fourth-order valence-corrected chi connectivity index (χ4v) is 1.21. The zero-order valence-electron chi connectivity index (χ0n) is 9.45. The summed E-state index contributed by atoms with van der Waals surface area (Å²) in [7, 11) is 0. The van der Waals surface area contributed by atoms with Crippen LogP contribution in [0.5, 0.6) is 11.5 Å². The van der Waals surface area contributed by atoms with Crippen LogP contribution in [0, 0.1) is 0 Å². The van der Waals surface area contributed by atoms with E-state index in [-0.39, 0.29) is 17.9 Å². The second-order valence-electron chi connectivity index (χ2n) is 3.36. The number of ether oxygens (including phenoxy) is 2. The molecule has 0 fully saturated rings. The first-order valence-corrected chi connectivity index (χ1v) is 5.09. The Morgan fingerprint density at radius 1 is 1.39 bits per heavy atom. The summed E-state index contributed by atoms with van der Waals surface area (Å²) in [6.45, 7) is 2.10. The monoisotopic (exact) mass is 264 g/mol. The Hall–Kier alpha value is -1.92. The number of carbonyl (C=O) groups is 1. The van der Waals surface area contributed by atoms with Gasteiger partial charge in [-0.25, -0.2) is 4.79 Å². The minimum Gasteiger partial charge on any atom is -0.493 e. The van der Waals surface area contributed by atoms with Gasteiger partial charge in [0.25, 0.3) is 0 Å². The number of carboxylic acids is 1. The van der Waals surface area contributed by atoms with Crippen molar-refractivity contribution in [3.8, 4) is 11.5 Å². The van der Waals surface area contributed by atoms with Gasteiger partial charge in [-0.05, 0) is 24.6 Å². The van der Waals surface area contributed by atoms with E-state index in [1.54, 1.807) is 0 Å². The van der Waals surface area contributed by atoms with Crippen LogP contribution in [-0.4, -0.2) is 24.0 Å². The second kappa shape index (κ2) is 5.61. The lowest BCUT2D eigenvalue weighted by Crippen LogP contribution is -2.17. The maximum absolute atomic E-state index is 12.0. The van der Waals surface area contributed by atoms with Crippen molar-refractivity contribution < 1.29 is 32.5 Å². The van der Waals surface area contributed by atoms with E-state index in [4.69, 9.17) is 9.84 Å². The first kappa shape index (κ1) is 14.1. The molecule has 7 heteroatoms. The summed E-state index contributed by atoms with van der Waals surface area (Å²) >= 11 is 0. The molecule has 1 rings (SSSR count). The Kier molecular flexibility index (Phi) is 4.41. The normalized spacial score (nSPS) is 11.1. The van der Waals surface area contributed by atoms with Crippen LogP contribution in [0.1, 0.15) is 23.7 Å². The van der Waals surface area contributed by atoms with Gasteiger partial charge in [-0.15, -0.1) is 13.2 Å². The van der Waals surface area contributed by atoms with E-state index in [0.29, 0.717) is 6.42 Å². The summed E-state index contributed by atoms with van der Waals surface area (Å²) in [6.07, 6.45) is -4.21. The molecule has 1 aromatic carbocycles. The Morgan fingerprint density at radius 3 is 2.56 bits per heavy atom. The van der Waals surface area contributed by atoms with Gasteiger partial charge in [-0.3, -0.25) is 0 Å². The molecule has 18 heavy (non-hydrogen) atoms. The van der Waals surface area contributed by atoms with Crippen LogP contribution in [0.2, 0.25) is 0 Å². The maximum Gasteiger partial charge on any atom is 0.573 e. The highest BCUT2D eigenvalue weighted by Gasteiger charge is 2.31. The summed E-state index contributed by atoms with van der Waals surface area (Å²) in [5.74, 6) is -1.96. The number of rotatable bonds is 5. The molecule has 100 valence electrons. The fraction of sp³-hybridized carbons (Fsp3) is 0.364. The lowest BCUT2D eigenvalue weighted by Gasteiger charge is -2.12. The fourth-order valence-electron chi connectivity index (χ4n) is 1.21. The number of carboxylic acid groups (broad SMARTS) is 1. The van der Waals surface area contributed by atoms with Gasteiger partial charge in [-0.2, -0.15) is 0 Å². The molecule has 4 nitrogen and oxygen atoms in total. The average Bonchev–Trinajstić information content (AvgIpc) is 2.25. The number of benzene rings is 1. The molecule has 0 saturated carbocycles. The highest BCUT2D eigenvalue weighted by Crippen LogP contribution is 2.28. The van der Waals surface area contributed by atoms with E-state index >= 15 is 0 Å². The Labute approximate surface area is 101 Å². The molecule has 0 aromatic heterocycles. The Bertz CT molecular complexity index is 429. The number of halogens is 3. The number of aromatic carboxylic acids is 1. The van der Waals surface area contributed by atoms with Crippen LogP contribution < -0.4 is 9.47 Å². The van der Waals surface area contributed by atoms with Crippen molar-refractivity contribution in [2.24, 2.45) is 0 Å². The Balaban J connectivity index is 2.99. The van der Waals surface area contributed by atoms with Gasteiger partial charge in [0.2, 0.25) is 0 Å². The quantitative estimate of drug-likeness (QED) is 0.887. The van der Waals surface area contributed by atoms with Crippen LogP contribution in [0.25, 0.3) is 0 Å². The average molecular weight is 264 g/mol. The predicted octanol–water partition coefficient (Wildman–Crippen LogP) is 3.07. The minimum atomic E-state index is -4.86. The van der Waals surface area contributed by atoms with Gasteiger partial charge in [-0.1, -0.05) is 6.92 Å². The van der Waals surface area contributed by atoms with Crippen molar-refractivity contribution in [1.82, 2.24) is 0 Å². The van der Waals surface area contributed by atoms with Crippen molar-refractivity contribution >= 4 is 5.97 Å². The molecule has 0 radical (unpaired) electrons. The molecule has 0 spiro atoms. The lowest BCUT2D eigenvalue weighted by molar-refractivity contribution is -0.274. The van der Waals surface area contributed by atoms with Crippen LogP contribution in [0.4, 0.5) is 13.2 Å². The molecular weight excluding hydrogens is 253 g/mol. The van der Waals surface area contributed by atoms with E-state index in [0.717, 1.165) is 18.2 Å². The standard InChI is InChI=1S/C11H11F3O4/c1-2-5-17-9-4-3-7(18-11(12,13)14)6-8(9)10(15)16/h3-4,6H,2,5H2,1H3,(H,15,16). The third kappa shape index (κ3) is 4.15. The van der Waals surface area contributed by atoms with E-state index in [1.165, 1.54) is 0 Å². The molecule has 0 aliphatic heterocycles. The van der Waals surface area contributed by atoms with Crippen molar-refractivity contribution in [3.63, 3.8) is 0 Å². The highest BCUT2D eigenvalue weighted by atomic mass is 19.4. The van der Waals surface area contributed by atoms with Crippen LogP contribution in [0.15, 0.2) is 18.2 Å². The summed E-state index contributed by atoms with van der Waals surface area (Å²) in [6, 6.07) is 2.92.